The first kappa shape index (κ1) is 18.2. The van der Waals surface area contributed by atoms with E-state index in [9.17, 15) is 0 Å². The maximum absolute atomic E-state index is 2.19. The van der Waals surface area contributed by atoms with Gasteiger partial charge in [-0.15, -0.1) is 83.8 Å². The SMILES string of the molecule is I.I.[Ti].c1ccc(-[c-]2ccc3ccccc32)cc1. The Morgan fingerprint density at radius 2 is 1.28 bits per heavy atom. The molecule has 3 aromatic rings. The Bertz CT molecular complexity index is 588. The monoisotopic (exact) mass is 495 g/mol. The van der Waals surface area contributed by atoms with Crippen molar-refractivity contribution >= 4 is 58.7 Å². The molecule has 0 aliphatic carbocycles. The predicted octanol–water partition coefficient (Wildman–Crippen LogP) is 5.46. The van der Waals surface area contributed by atoms with Crippen molar-refractivity contribution in [2.24, 2.45) is 0 Å². The smallest absolute Gasteiger partial charge is 0 e. The number of halogens is 2. The molecule has 0 saturated heterocycles. The molecule has 18 heavy (non-hydrogen) atoms. The maximum atomic E-state index is 2.19. The Hall–Kier alpha value is 0.224. The van der Waals surface area contributed by atoms with Gasteiger partial charge in [-0.3, -0.25) is 0 Å². The third kappa shape index (κ3) is 3.62. The van der Waals surface area contributed by atoms with Gasteiger partial charge in [-0.05, 0) is 0 Å². The average molecular weight is 495 g/mol. The van der Waals surface area contributed by atoms with Gasteiger partial charge in [-0.25, -0.2) is 0 Å². The third-order valence-electron chi connectivity index (χ3n) is 2.77. The molecule has 3 heteroatoms. The van der Waals surface area contributed by atoms with Gasteiger partial charge in [0.2, 0.25) is 0 Å². The van der Waals surface area contributed by atoms with Crippen LogP contribution in [-0.4, -0.2) is 0 Å². The molecule has 0 fully saturated rings. The number of hydrogen-bond donors (Lipinski definition) is 0. The zero-order chi connectivity index (χ0) is 10.1. The van der Waals surface area contributed by atoms with Crippen molar-refractivity contribution in [1.82, 2.24) is 0 Å². The Balaban J connectivity index is 0.000000963. The third-order valence-corrected chi connectivity index (χ3v) is 2.77. The van der Waals surface area contributed by atoms with Crippen LogP contribution in [0, 0.1) is 0 Å². The van der Waals surface area contributed by atoms with Gasteiger partial charge in [0.05, 0.1) is 0 Å². The molecule has 0 aliphatic rings. The quantitative estimate of drug-likeness (QED) is 0.239. The standard InChI is InChI=1S/C15H11.2HI.Ti/c1-2-6-12(7-3-1)15-11-10-13-8-4-5-9-14(13)15;;;/h1-11H;2*1H;/q-1;;;. The second kappa shape index (κ2) is 8.41. The van der Waals surface area contributed by atoms with E-state index < -0.39 is 0 Å². The zero-order valence-electron chi connectivity index (χ0n) is 9.67. The molecule has 0 atom stereocenters. The molecule has 0 bridgehead atoms. The summed E-state index contributed by atoms with van der Waals surface area (Å²) in [5.74, 6) is 0. The Kier molecular flexibility index (Phi) is 8.51. The van der Waals surface area contributed by atoms with E-state index in [4.69, 9.17) is 0 Å². The van der Waals surface area contributed by atoms with E-state index in [1.165, 1.54) is 21.9 Å². The molecule has 3 aromatic carbocycles. The minimum absolute atomic E-state index is 0. The first-order valence-electron chi connectivity index (χ1n) is 5.15. The summed E-state index contributed by atoms with van der Waals surface area (Å²) in [5, 5.41) is 2.65. The summed E-state index contributed by atoms with van der Waals surface area (Å²) in [6, 6.07) is 23.4. The number of hydrogen-bond acceptors (Lipinski definition) is 0. The fourth-order valence-electron chi connectivity index (χ4n) is 2.02. The second-order valence-electron chi connectivity index (χ2n) is 3.70. The van der Waals surface area contributed by atoms with Crippen LogP contribution in [0.1, 0.15) is 0 Å². The van der Waals surface area contributed by atoms with Crippen molar-refractivity contribution in [3.63, 3.8) is 0 Å². The van der Waals surface area contributed by atoms with Gasteiger partial charge in [0, 0.05) is 21.7 Å². The summed E-state index contributed by atoms with van der Waals surface area (Å²) < 4.78 is 0. The van der Waals surface area contributed by atoms with Gasteiger partial charge in [0.15, 0.2) is 0 Å². The van der Waals surface area contributed by atoms with Gasteiger partial charge >= 0.3 is 0 Å². The van der Waals surface area contributed by atoms with Crippen LogP contribution in [0.4, 0.5) is 0 Å². The topological polar surface area (TPSA) is 0 Å². The maximum Gasteiger partial charge on any atom is 0 e. The van der Waals surface area contributed by atoms with Gasteiger partial charge < -0.3 is 0 Å². The van der Waals surface area contributed by atoms with Crippen molar-refractivity contribution in [3.8, 4) is 11.1 Å². The van der Waals surface area contributed by atoms with Crippen molar-refractivity contribution in [3.05, 3.63) is 66.7 Å². The van der Waals surface area contributed by atoms with Gasteiger partial charge in [-0.1, -0.05) is 52.7 Å². The first-order valence-corrected chi connectivity index (χ1v) is 5.15. The van der Waals surface area contributed by atoms with Gasteiger partial charge in [0.1, 0.15) is 0 Å². The molecule has 0 nitrogen and oxygen atoms in total. The van der Waals surface area contributed by atoms with Crippen LogP contribution >= 0.6 is 48.0 Å². The molecule has 0 N–H and O–H groups in total. The van der Waals surface area contributed by atoms with Crippen molar-refractivity contribution in [1.29, 1.82) is 0 Å². The summed E-state index contributed by atoms with van der Waals surface area (Å²) in [6.45, 7) is 0. The Morgan fingerprint density at radius 3 is 2.00 bits per heavy atom. The van der Waals surface area contributed by atoms with Crippen LogP contribution in [-0.2, 0) is 21.7 Å². The largest absolute Gasteiger partial charge is 0.129 e. The van der Waals surface area contributed by atoms with E-state index in [2.05, 4.69) is 66.7 Å². The number of fused-ring (bicyclic) bond motifs is 1. The molecule has 0 aromatic heterocycles. The minimum atomic E-state index is 0. The molecular formula is C15H13I2Ti-. The van der Waals surface area contributed by atoms with Gasteiger partial charge in [0.25, 0.3) is 0 Å². The number of benzene rings is 2. The molecule has 0 amide bonds. The van der Waals surface area contributed by atoms with E-state index in [-0.39, 0.29) is 69.7 Å². The van der Waals surface area contributed by atoms with E-state index >= 15 is 0 Å². The van der Waals surface area contributed by atoms with Crippen LogP contribution in [0.2, 0.25) is 0 Å². The summed E-state index contributed by atoms with van der Waals surface area (Å²) in [6.07, 6.45) is 0. The van der Waals surface area contributed by atoms with E-state index in [1.54, 1.807) is 0 Å². The average Bonchev–Trinajstić information content (AvgIpc) is 2.74. The molecule has 0 aliphatic heterocycles. The molecule has 3 rings (SSSR count). The van der Waals surface area contributed by atoms with E-state index in [0.717, 1.165) is 0 Å². The zero-order valence-corrected chi connectivity index (χ0v) is 15.9. The summed E-state index contributed by atoms with van der Waals surface area (Å²) in [4.78, 5) is 0. The summed E-state index contributed by atoms with van der Waals surface area (Å²) in [5.41, 5.74) is 2.62. The minimum Gasteiger partial charge on any atom is -0.129 e. The van der Waals surface area contributed by atoms with Gasteiger partial charge in [-0.2, -0.15) is 0 Å². The second-order valence-corrected chi connectivity index (χ2v) is 3.70. The Morgan fingerprint density at radius 1 is 0.667 bits per heavy atom. The molecule has 92 valence electrons. The normalized spacial score (nSPS) is 8.89. The molecule has 0 radical (unpaired) electrons. The fourth-order valence-corrected chi connectivity index (χ4v) is 2.02. The molecule has 0 heterocycles. The number of rotatable bonds is 1. The first-order chi connectivity index (χ1) is 7.45. The summed E-state index contributed by atoms with van der Waals surface area (Å²) >= 11 is 0. The van der Waals surface area contributed by atoms with Crippen LogP contribution in [0.5, 0.6) is 0 Å². The van der Waals surface area contributed by atoms with Crippen LogP contribution in [0.15, 0.2) is 66.7 Å². The molecule has 0 spiro atoms. The fraction of sp³-hybridized carbons (Fsp3) is 0. The molecular weight excluding hydrogens is 482 g/mol. The van der Waals surface area contributed by atoms with Crippen LogP contribution in [0.25, 0.3) is 21.9 Å². The van der Waals surface area contributed by atoms with Crippen LogP contribution < -0.4 is 0 Å². The predicted molar refractivity (Wildman–Crippen MR) is 95.8 cm³/mol. The summed E-state index contributed by atoms with van der Waals surface area (Å²) in [7, 11) is 0. The van der Waals surface area contributed by atoms with Crippen LogP contribution in [0.3, 0.4) is 0 Å². The molecule has 0 saturated carbocycles. The van der Waals surface area contributed by atoms with Crippen molar-refractivity contribution < 1.29 is 21.7 Å². The van der Waals surface area contributed by atoms with E-state index in [1.807, 2.05) is 0 Å². The molecule has 0 unspecified atom stereocenters. The van der Waals surface area contributed by atoms with Crippen molar-refractivity contribution in [2.45, 2.75) is 0 Å². The Labute approximate surface area is 156 Å². The van der Waals surface area contributed by atoms with Crippen molar-refractivity contribution in [2.75, 3.05) is 0 Å². The van der Waals surface area contributed by atoms with E-state index in [0.29, 0.717) is 0 Å².